The summed E-state index contributed by atoms with van der Waals surface area (Å²) in [7, 11) is -3.05. The molecule has 2 aliphatic rings. The second-order valence-corrected chi connectivity index (χ2v) is 10.7. The number of aliphatic imine (C=N–C) groups is 1. The zero-order valence-electron chi connectivity index (χ0n) is 15.0. The Morgan fingerprint density at radius 3 is 2.52 bits per heavy atom. The van der Waals surface area contributed by atoms with Gasteiger partial charge in [-0.3, -0.25) is 4.79 Å². The van der Waals surface area contributed by atoms with Gasteiger partial charge >= 0.3 is 0 Å². The van der Waals surface area contributed by atoms with Crippen molar-refractivity contribution in [2.45, 2.75) is 45.4 Å². The maximum Gasteiger partial charge on any atom is 0.248 e. The predicted molar refractivity (Wildman–Crippen MR) is 104 cm³/mol. The van der Waals surface area contributed by atoms with Gasteiger partial charge < -0.3 is 4.90 Å². The van der Waals surface area contributed by atoms with Crippen molar-refractivity contribution in [2.75, 3.05) is 16.4 Å². The summed E-state index contributed by atoms with van der Waals surface area (Å²) in [6.45, 7) is 8.00. The van der Waals surface area contributed by atoms with Crippen molar-refractivity contribution in [3.8, 4) is 0 Å². The number of thioether (sulfide) groups is 1. The maximum atomic E-state index is 12.3. The third kappa shape index (κ3) is 3.77. The first-order valence-corrected chi connectivity index (χ1v) is 11.2. The van der Waals surface area contributed by atoms with Crippen LogP contribution in [-0.2, 0) is 14.6 Å². The van der Waals surface area contributed by atoms with E-state index in [1.807, 2.05) is 50.8 Å². The molecule has 0 spiro atoms. The van der Waals surface area contributed by atoms with Crippen LogP contribution in [0.1, 0.15) is 31.4 Å². The molecule has 1 amide bonds. The number of hydrogen-bond acceptors (Lipinski definition) is 4. The van der Waals surface area contributed by atoms with E-state index in [0.717, 1.165) is 16.8 Å². The monoisotopic (exact) mass is 380 g/mol. The minimum absolute atomic E-state index is 0.0605. The summed E-state index contributed by atoms with van der Waals surface area (Å²) in [5, 5.41) is 0.586. The summed E-state index contributed by atoms with van der Waals surface area (Å²) in [6, 6.07) is 5.86. The molecule has 0 aromatic heterocycles. The second-order valence-electron chi connectivity index (χ2n) is 7.30. The van der Waals surface area contributed by atoms with Crippen molar-refractivity contribution < 1.29 is 13.2 Å². The van der Waals surface area contributed by atoms with Crippen molar-refractivity contribution in [3.05, 3.63) is 29.3 Å². The van der Waals surface area contributed by atoms with E-state index < -0.39 is 9.84 Å². The number of anilines is 1. The van der Waals surface area contributed by atoms with Gasteiger partial charge in [0.15, 0.2) is 15.0 Å². The fraction of sp³-hybridized carbons (Fsp3) is 0.556. The van der Waals surface area contributed by atoms with E-state index in [9.17, 15) is 13.2 Å². The number of amidine groups is 1. The standard InChI is InChI=1S/C18H24N2O3S2/c1-11(2)8-16(21)19-18-20(17-12(3)6-5-7-13(17)4)14-9-25(22,23)10-15(14)24-18/h5-7,11,14-15H,8-10H2,1-4H3/t14-,15-/m0/s1. The summed E-state index contributed by atoms with van der Waals surface area (Å²) in [5.74, 6) is 0.380. The Morgan fingerprint density at radius 1 is 1.28 bits per heavy atom. The molecule has 0 unspecified atom stereocenters. The lowest BCUT2D eigenvalue weighted by molar-refractivity contribution is -0.118. The van der Waals surface area contributed by atoms with Crippen LogP contribution in [0.5, 0.6) is 0 Å². The first kappa shape index (κ1) is 18.5. The molecule has 2 saturated heterocycles. The van der Waals surface area contributed by atoms with Crippen LogP contribution in [0.3, 0.4) is 0 Å². The topological polar surface area (TPSA) is 66.8 Å². The van der Waals surface area contributed by atoms with Gasteiger partial charge in [0.05, 0.1) is 17.5 Å². The molecule has 0 bridgehead atoms. The number of aryl methyl sites for hydroxylation is 2. The Bertz CT molecular complexity index is 810. The lowest BCUT2D eigenvalue weighted by Gasteiger charge is -2.28. The van der Waals surface area contributed by atoms with Crippen molar-refractivity contribution in [2.24, 2.45) is 10.9 Å². The summed E-state index contributed by atoms with van der Waals surface area (Å²) < 4.78 is 24.2. The Kier molecular flexibility index (Phi) is 4.99. The fourth-order valence-electron chi connectivity index (χ4n) is 3.51. The molecule has 5 nitrogen and oxygen atoms in total. The molecule has 7 heteroatoms. The van der Waals surface area contributed by atoms with Crippen LogP contribution in [0.4, 0.5) is 5.69 Å². The smallest absolute Gasteiger partial charge is 0.248 e. The van der Waals surface area contributed by atoms with Crippen LogP contribution < -0.4 is 4.90 Å². The van der Waals surface area contributed by atoms with Gasteiger partial charge in [-0.2, -0.15) is 4.99 Å². The van der Waals surface area contributed by atoms with Crippen LogP contribution in [-0.4, -0.2) is 42.3 Å². The Labute approximate surface area is 153 Å². The van der Waals surface area contributed by atoms with Gasteiger partial charge in [-0.15, -0.1) is 0 Å². The minimum Gasteiger partial charge on any atom is -0.315 e. The fourth-order valence-corrected chi connectivity index (χ4v) is 7.43. The molecule has 2 fully saturated rings. The van der Waals surface area contributed by atoms with Gasteiger partial charge in [-0.05, 0) is 30.9 Å². The summed E-state index contributed by atoms with van der Waals surface area (Å²) in [4.78, 5) is 18.6. The molecule has 1 aromatic rings. The Morgan fingerprint density at radius 2 is 1.92 bits per heavy atom. The highest BCUT2D eigenvalue weighted by molar-refractivity contribution is 8.16. The molecule has 1 aromatic carbocycles. The van der Waals surface area contributed by atoms with Crippen LogP contribution in [0.2, 0.25) is 0 Å². The number of fused-ring (bicyclic) bond motifs is 1. The summed E-state index contributed by atoms with van der Waals surface area (Å²) in [6.07, 6.45) is 0.401. The molecule has 0 aliphatic carbocycles. The van der Waals surface area contributed by atoms with E-state index in [-0.39, 0.29) is 34.6 Å². The first-order chi connectivity index (χ1) is 11.7. The van der Waals surface area contributed by atoms with Crippen molar-refractivity contribution in [1.29, 1.82) is 0 Å². The number of carbonyl (C=O) groups excluding carboxylic acids is 1. The normalized spacial score (nSPS) is 26.4. The maximum absolute atomic E-state index is 12.3. The number of carbonyl (C=O) groups is 1. The number of amides is 1. The highest BCUT2D eigenvalue weighted by atomic mass is 32.2. The lowest BCUT2D eigenvalue weighted by Crippen LogP contribution is -2.38. The first-order valence-electron chi connectivity index (χ1n) is 8.52. The second kappa shape index (κ2) is 6.76. The highest BCUT2D eigenvalue weighted by Gasteiger charge is 2.49. The molecule has 25 heavy (non-hydrogen) atoms. The molecular formula is C18H24N2O3S2. The van der Waals surface area contributed by atoms with E-state index >= 15 is 0 Å². The Balaban J connectivity index is 2.04. The molecule has 3 rings (SSSR count). The van der Waals surface area contributed by atoms with Gasteiger partial charge in [0.1, 0.15) is 0 Å². The summed E-state index contributed by atoms with van der Waals surface area (Å²) in [5.41, 5.74) is 3.11. The molecule has 2 aliphatic heterocycles. The van der Waals surface area contributed by atoms with E-state index in [1.165, 1.54) is 11.8 Å². The van der Waals surface area contributed by atoms with Crippen molar-refractivity contribution in [3.63, 3.8) is 0 Å². The third-order valence-electron chi connectivity index (χ3n) is 4.55. The number of rotatable bonds is 3. The molecule has 136 valence electrons. The van der Waals surface area contributed by atoms with Crippen LogP contribution in [0, 0.1) is 19.8 Å². The number of nitrogens with zero attached hydrogens (tertiary/aromatic N) is 2. The molecule has 0 radical (unpaired) electrons. The largest absolute Gasteiger partial charge is 0.315 e. The van der Waals surface area contributed by atoms with Gasteiger partial charge in [-0.1, -0.05) is 43.8 Å². The zero-order chi connectivity index (χ0) is 18.4. The zero-order valence-corrected chi connectivity index (χ0v) is 16.7. The molecule has 2 atom stereocenters. The van der Waals surface area contributed by atoms with E-state index in [2.05, 4.69) is 4.99 Å². The van der Waals surface area contributed by atoms with Gasteiger partial charge in [0.2, 0.25) is 5.91 Å². The molecule has 0 saturated carbocycles. The van der Waals surface area contributed by atoms with Crippen molar-refractivity contribution in [1.82, 2.24) is 0 Å². The van der Waals surface area contributed by atoms with Crippen molar-refractivity contribution >= 4 is 38.4 Å². The quantitative estimate of drug-likeness (QED) is 0.806. The third-order valence-corrected chi connectivity index (χ3v) is 7.76. The number of hydrogen-bond donors (Lipinski definition) is 0. The number of sulfone groups is 1. The lowest BCUT2D eigenvalue weighted by atomic mass is 10.1. The molecule has 0 N–H and O–H groups in total. The van der Waals surface area contributed by atoms with E-state index in [0.29, 0.717) is 11.6 Å². The Hall–Kier alpha value is -1.34. The van der Waals surface area contributed by atoms with Crippen LogP contribution in [0.25, 0.3) is 0 Å². The number of benzene rings is 1. The van der Waals surface area contributed by atoms with Gasteiger partial charge in [-0.25, -0.2) is 8.42 Å². The average Bonchev–Trinajstić information content (AvgIpc) is 2.90. The molecule has 2 heterocycles. The minimum atomic E-state index is -3.05. The SMILES string of the molecule is Cc1cccc(C)c1N1C(=NC(=O)CC(C)C)S[C@H]2CS(=O)(=O)C[C@@H]21. The predicted octanol–water partition coefficient (Wildman–Crippen LogP) is 2.95. The van der Waals surface area contributed by atoms with Crippen LogP contribution >= 0.6 is 11.8 Å². The van der Waals surface area contributed by atoms with E-state index in [1.54, 1.807) is 0 Å². The van der Waals surface area contributed by atoms with Gasteiger partial charge in [0.25, 0.3) is 0 Å². The summed E-state index contributed by atoms with van der Waals surface area (Å²) >= 11 is 1.44. The van der Waals surface area contributed by atoms with Crippen LogP contribution in [0.15, 0.2) is 23.2 Å². The highest BCUT2D eigenvalue weighted by Crippen LogP contribution is 2.43. The average molecular weight is 381 g/mol. The molecular weight excluding hydrogens is 356 g/mol. The van der Waals surface area contributed by atoms with Gasteiger partial charge in [0, 0.05) is 17.4 Å². The number of para-hydroxylation sites is 1. The van der Waals surface area contributed by atoms with E-state index in [4.69, 9.17) is 0 Å².